The monoisotopic (exact) mass is 726 g/mol. The van der Waals surface area contributed by atoms with Crippen molar-refractivity contribution in [1.82, 2.24) is 4.57 Å². The SMILES string of the molecule is CCOC(=O)C1=C(C)N=c2s/c(=C/c3cc(Br)c(OCc4ccccc4)c(OC)c3)c(=O)n2[C@@H]1c1ccc(OC)c(Br)c1. The highest BCUT2D eigenvalue weighted by Gasteiger charge is 2.33. The zero-order valence-corrected chi connectivity index (χ0v) is 27.8. The van der Waals surface area contributed by atoms with Gasteiger partial charge in [0.1, 0.15) is 12.4 Å². The average Bonchev–Trinajstić information content (AvgIpc) is 3.29. The lowest BCUT2D eigenvalue weighted by Gasteiger charge is -2.25. The molecule has 1 aromatic heterocycles. The molecule has 0 bridgehead atoms. The molecule has 0 N–H and O–H groups in total. The van der Waals surface area contributed by atoms with E-state index < -0.39 is 12.0 Å². The number of benzene rings is 3. The Bertz CT molecular complexity index is 1900. The average molecular weight is 728 g/mol. The minimum Gasteiger partial charge on any atom is -0.496 e. The molecule has 3 aromatic carbocycles. The lowest BCUT2D eigenvalue weighted by Crippen LogP contribution is -2.40. The summed E-state index contributed by atoms with van der Waals surface area (Å²) < 4.78 is 25.9. The lowest BCUT2D eigenvalue weighted by molar-refractivity contribution is -0.139. The van der Waals surface area contributed by atoms with Gasteiger partial charge in [0.25, 0.3) is 5.56 Å². The van der Waals surface area contributed by atoms with Crippen LogP contribution in [0.1, 0.15) is 36.6 Å². The van der Waals surface area contributed by atoms with Gasteiger partial charge in [0.05, 0.1) is 51.6 Å². The van der Waals surface area contributed by atoms with Crippen LogP contribution >= 0.6 is 43.2 Å². The molecule has 1 aliphatic rings. The summed E-state index contributed by atoms with van der Waals surface area (Å²) in [5.41, 5.74) is 2.98. The number of aromatic nitrogens is 1. The van der Waals surface area contributed by atoms with E-state index in [9.17, 15) is 9.59 Å². The van der Waals surface area contributed by atoms with Crippen molar-refractivity contribution in [2.45, 2.75) is 26.5 Å². The Morgan fingerprint density at radius 1 is 1.02 bits per heavy atom. The van der Waals surface area contributed by atoms with Crippen LogP contribution < -0.4 is 29.1 Å². The number of carbonyl (C=O) groups is 1. The predicted molar refractivity (Wildman–Crippen MR) is 173 cm³/mol. The second-order valence-corrected chi connectivity index (χ2v) is 12.2. The number of hydrogen-bond acceptors (Lipinski definition) is 8. The molecule has 43 heavy (non-hydrogen) atoms. The van der Waals surface area contributed by atoms with Crippen molar-refractivity contribution in [3.8, 4) is 17.2 Å². The van der Waals surface area contributed by atoms with Gasteiger partial charge in [-0.1, -0.05) is 47.7 Å². The number of fused-ring (bicyclic) bond motifs is 1. The molecule has 0 fully saturated rings. The highest BCUT2D eigenvalue weighted by atomic mass is 79.9. The quantitative estimate of drug-likeness (QED) is 0.199. The third kappa shape index (κ3) is 6.34. The van der Waals surface area contributed by atoms with Crippen LogP contribution in [0.25, 0.3) is 6.08 Å². The van der Waals surface area contributed by atoms with Crippen LogP contribution in [-0.4, -0.2) is 31.4 Å². The van der Waals surface area contributed by atoms with E-state index in [1.165, 1.54) is 11.3 Å². The first-order valence-electron chi connectivity index (χ1n) is 13.3. The molecule has 4 aromatic rings. The number of halogens is 2. The maximum atomic E-state index is 14.0. The molecule has 0 unspecified atom stereocenters. The van der Waals surface area contributed by atoms with Gasteiger partial charge in [-0.3, -0.25) is 9.36 Å². The Balaban J connectivity index is 1.60. The molecule has 0 aliphatic carbocycles. The molecule has 0 radical (unpaired) electrons. The van der Waals surface area contributed by atoms with Crippen molar-refractivity contribution in [2.75, 3.05) is 20.8 Å². The van der Waals surface area contributed by atoms with E-state index in [0.29, 0.717) is 59.0 Å². The van der Waals surface area contributed by atoms with Gasteiger partial charge in [0, 0.05) is 0 Å². The summed E-state index contributed by atoms with van der Waals surface area (Å²) in [5.74, 6) is 1.19. The Kier molecular flexibility index (Phi) is 9.53. The van der Waals surface area contributed by atoms with Crippen molar-refractivity contribution < 1.29 is 23.7 Å². The third-order valence-corrected chi connectivity index (χ3v) is 8.98. The van der Waals surface area contributed by atoms with Gasteiger partial charge in [-0.05, 0) is 92.7 Å². The molecule has 2 heterocycles. The molecule has 8 nitrogen and oxygen atoms in total. The summed E-state index contributed by atoms with van der Waals surface area (Å²) in [7, 11) is 3.15. The Hall–Kier alpha value is -3.67. The summed E-state index contributed by atoms with van der Waals surface area (Å²) in [6.45, 7) is 4.07. The minimum absolute atomic E-state index is 0.195. The maximum absolute atomic E-state index is 14.0. The van der Waals surface area contributed by atoms with Crippen molar-refractivity contribution in [1.29, 1.82) is 0 Å². The number of ether oxygens (including phenoxy) is 4. The first-order chi connectivity index (χ1) is 20.7. The number of carbonyl (C=O) groups excluding carboxylic acids is 1. The number of nitrogens with zero attached hydrogens (tertiary/aromatic N) is 2. The van der Waals surface area contributed by atoms with E-state index in [1.54, 1.807) is 44.8 Å². The number of hydrogen-bond donors (Lipinski definition) is 0. The Labute approximate surface area is 269 Å². The third-order valence-electron chi connectivity index (χ3n) is 6.78. The van der Waals surface area contributed by atoms with E-state index in [0.717, 1.165) is 11.1 Å². The van der Waals surface area contributed by atoms with Crippen LogP contribution in [0, 0.1) is 0 Å². The molecule has 0 saturated heterocycles. The molecule has 0 saturated carbocycles. The zero-order valence-electron chi connectivity index (χ0n) is 23.9. The standard InChI is InChI=1S/C32H28Br2N2O6S/c1-5-41-31(38)27-18(2)35-32-36(28(27)21-11-12-24(39-3)22(33)16-21)30(37)26(43-32)15-20-13-23(34)29(25(14-20)40-4)42-17-19-9-7-6-8-10-19/h6-16,28H,5,17H2,1-4H3/b26-15+/t28-/m1/s1. The van der Waals surface area contributed by atoms with Gasteiger partial charge in [0.15, 0.2) is 16.3 Å². The summed E-state index contributed by atoms with van der Waals surface area (Å²) in [5, 5.41) is 0. The smallest absolute Gasteiger partial charge is 0.338 e. The van der Waals surface area contributed by atoms with E-state index in [-0.39, 0.29) is 12.2 Å². The second-order valence-electron chi connectivity index (χ2n) is 9.50. The topological polar surface area (TPSA) is 88.4 Å². The Morgan fingerprint density at radius 2 is 1.77 bits per heavy atom. The van der Waals surface area contributed by atoms with E-state index in [4.69, 9.17) is 18.9 Å². The van der Waals surface area contributed by atoms with Gasteiger partial charge >= 0.3 is 5.97 Å². The van der Waals surface area contributed by atoms with Gasteiger partial charge < -0.3 is 18.9 Å². The lowest BCUT2D eigenvalue weighted by atomic mass is 9.96. The number of allylic oxidation sites excluding steroid dienone is 1. The van der Waals surface area contributed by atoms with Gasteiger partial charge in [0.2, 0.25) is 0 Å². The van der Waals surface area contributed by atoms with Crippen LogP contribution in [-0.2, 0) is 16.1 Å². The summed E-state index contributed by atoms with van der Waals surface area (Å²) in [6, 6.07) is 18.3. The van der Waals surface area contributed by atoms with Crippen molar-refractivity contribution in [3.05, 3.63) is 117 Å². The van der Waals surface area contributed by atoms with Crippen molar-refractivity contribution in [2.24, 2.45) is 4.99 Å². The van der Waals surface area contributed by atoms with E-state index in [1.807, 2.05) is 54.6 Å². The highest BCUT2D eigenvalue weighted by molar-refractivity contribution is 9.11. The van der Waals surface area contributed by atoms with Crippen molar-refractivity contribution in [3.63, 3.8) is 0 Å². The van der Waals surface area contributed by atoms with Gasteiger partial charge in [-0.25, -0.2) is 9.79 Å². The largest absolute Gasteiger partial charge is 0.496 e. The van der Waals surface area contributed by atoms with E-state index >= 15 is 0 Å². The van der Waals surface area contributed by atoms with Crippen LogP contribution in [0.3, 0.4) is 0 Å². The fourth-order valence-corrected chi connectivity index (χ4v) is 6.98. The zero-order chi connectivity index (χ0) is 30.7. The molecule has 5 rings (SSSR count). The van der Waals surface area contributed by atoms with E-state index in [2.05, 4.69) is 36.9 Å². The van der Waals surface area contributed by atoms with Crippen LogP contribution in [0.5, 0.6) is 17.2 Å². The number of methoxy groups -OCH3 is 2. The number of rotatable bonds is 9. The molecule has 1 aliphatic heterocycles. The number of esters is 1. The molecule has 1 atom stereocenters. The molecular formula is C32H28Br2N2O6S. The normalized spacial score (nSPS) is 14.7. The predicted octanol–water partition coefficient (Wildman–Crippen LogP) is 5.92. The fourth-order valence-electron chi connectivity index (χ4n) is 4.80. The summed E-state index contributed by atoms with van der Waals surface area (Å²) in [4.78, 5) is 32.3. The van der Waals surface area contributed by atoms with Crippen LogP contribution in [0.15, 0.2) is 90.7 Å². The molecular weight excluding hydrogens is 700 g/mol. The minimum atomic E-state index is -0.741. The summed E-state index contributed by atoms with van der Waals surface area (Å²) >= 11 is 8.39. The fraction of sp³-hybridized carbons (Fsp3) is 0.219. The maximum Gasteiger partial charge on any atom is 0.338 e. The van der Waals surface area contributed by atoms with Gasteiger partial charge in [-0.15, -0.1) is 0 Å². The second kappa shape index (κ2) is 13.3. The van der Waals surface area contributed by atoms with Gasteiger partial charge in [-0.2, -0.15) is 0 Å². The summed E-state index contributed by atoms with van der Waals surface area (Å²) in [6.07, 6.45) is 1.78. The molecule has 0 amide bonds. The van der Waals surface area contributed by atoms with Crippen LogP contribution in [0.4, 0.5) is 0 Å². The first kappa shape index (κ1) is 30.8. The first-order valence-corrected chi connectivity index (χ1v) is 15.7. The van der Waals surface area contributed by atoms with Crippen LogP contribution in [0.2, 0.25) is 0 Å². The van der Waals surface area contributed by atoms with Crippen molar-refractivity contribution >= 4 is 55.2 Å². The molecule has 0 spiro atoms. The number of thiazole rings is 1. The highest BCUT2D eigenvalue weighted by Crippen LogP contribution is 2.38. The Morgan fingerprint density at radius 3 is 2.44 bits per heavy atom. The molecule has 11 heteroatoms. The molecule has 222 valence electrons.